The van der Waals surface area contributed by atoms with Crippen LogP contribution in [0.25, 0.3) is 0 Å². The summed E-state index contributed by atoms with van der Waals surface area (Å²) in [5.74, 6) is 0. The van der Waals surface area contributed by atoms with Gasteiger partial charge in [-0.1, -0.05) is 6.07 Å². The lowest BCUT2D eigenvalue weighted by Gasteiger charge is -2.18. The third-order valence-electron chi connectivity index (χ3n) is 3.63. The summed E-state index contributed by atoms with van der Waals surface area (Å²) in [5, 5.41) is 10.8. The number of nitro benzene ring substituents is 1. The third kappa shape index (κ3) is 2.47. The van der Waals surface area contributed by atoms with Gasteiger partial charge in [0.1, 0.15) is 0 Å². The molecule has 20 heavy (non-hydrogen) atoms. The van der Waals surface area contributed by atoms with Crippen molar-refractivity contribution in [3.63, 3.8) is 0 Å². The molecule has 5 nitrogen and oxygen atoms in total. The number of anilines is 1. The van der Waals surface area contributed by atoms with Gasteiger partial charge in [-0.2, -0.15) is 0 Å². The second-order valence-corrected chi connectivity index (χ2v) is 4.88. The van der Waals surface area contributed by atoms with Gasteiger partial charge in [0, 0.05) is 49.2 Å². The van der Waals surface area contributed by atoms with Gasteiger partial charge in [0.25, 0.3) is 5.69 Å². The summed E-state index contributed by atoms with van der Waals surface area (Å²) in [5.41, 5.74) is 3.44. The first-order chi connectivity index (χ1) is 9.74. The molecule has 2 heterocycles. The molecular weight excluding hydrogens is 254 g/mol. The molecule has 2 aromatic rings. The Morgan fingerprint density at radius 3 is 2.95 bits per heavy atom. The Balaban J connectivity index is 1.72. The van der Waals surface area contributed by atoms with Gasteiger partial charge in [-0.3, -0.25) is 15.1 Å². The van der Waals surface area contributed by atoms with Gasteiger partial charge in [-0.05, 0) is 30.2 Å². The Morgan fingerprint density at radius 2 is 2.20 bits per heavy atom. The number of non-ortho nitro benzene ring substituents is 1. The van der Waals surface area contributed by atoms with Crippen LogP contribution in [0, 0.1) is 10.1 Å². The van der Waals surface area contributed by atoms with Gasteiger partial charge in [0.2, 0.25) is 0 Å². The van der Waals surface area contributed by atoms with Crippen LogP contribution in [0.3, 0.4) is 0 Å². The summed E-state index contributed by atoms with van der Waals surface area (Å²) in [6.07, 6.45) is 3.56. The average molecular weight is 269 g/mol. The first-order valence-corrected chi connectivity index (χ1v) is 6.66. The average Bonchev–Trinajstić information content (AvgIpc) is 2.88. The lowest BCUT2D eigenvalue weighted by Crippen LogP contribution is -2.23. The van der Waals surface area contributed by atoms with Crippen LogP contribution in [0.4, 0.5) is 11.4 Å². The topological polar surface area (TPSA) is 59.3 Å². The van der Waals surface area contributed by atoms with E-state index in [4.69, 9.17) is 0 Å². The summed E-state index contributed by atoms with van der Waals surface area (Å²) in [4.78, 5) is 17.0. The summed E-state index contributed by atoms with van der Waals surface area (Å²) in [6, 6.07) is 11.1. The Bertz CT molecular complexity index is 628. The van der Waals surface area contributed by atoms with E-state index in [0.29, 0.717) is 0 Å². The zero-order chi connectivity index (χ0) is 13.9. The molecule has 0 amide bonds. The molecular formula is C15H15N3O2. The van der Waals surface area contributed by atoms with E-state index >= 15 is 0 Å². The fraction of sp³-hybridized carbons (Fsp3) is 0.267. The summed E-state index contributed by atoms with van der Waals surface area (Å²) in [6.45, 7) is 1.81. The van der Waals surface area contributed by atoms with Crippen molar-refractivity contribution in [1.29, 1.82) is 0 Å². The number of aromatic nitrogens is 1. The van der Waals surface area contributed by atoms with Crippen molar-refractivity contribution < 1.29 is 4.92 Å². The first kappa shape index (κ1) is 12.6. The molecule has 1 aliphatic rings. The molecule has 1 aromatic carbocycles. The van der Waals surface area contributed by atoms with Crippen molar-refractivity contribution in [2.24, 2.45) is 0 Å². The fourth-order valence-electron chi connectivity index (χ4n) is 2.60. The molecule has 0 radical (unpaired) electrons. The number of benzene rings is 1. The quantitative estimate of drug-likeness (QED) is 0.632. The van der Waals surface area contributed by atoms with Crippen molar-refractivity contribution in [2.75, 3.05) is 18.0 Å². The summed E-state index contributed by atoms with van der Waals surface area (Å²) < 4.78 is 0. The summed E-state index contributed by atoms with van der Waals surface area (Å²) in [7, 11) is 0. The lowest BCUT2D eigenvalue weighted by molar-refractivity contribution is -0.384. The molecule has 0 bridgehead atoms. The Morgan fingerprint density at radius 1 is 1.30 bits per heavy atom. The van der Waals surface area contributed by atoms with Gasteiger partial charge >= 0.3 is 0 Å². The van der Waals surface area contributed by atoms with Gasteiger partial charge in [0.15, 0.2) is 0 Å². The highest BCUT2D eigenvalue weighted by molar-refractivity contribution is 5.61. The molecule has 0 atom stereocenters. The number of hydrogen-bond donors (Lipinski definition) is 0. The lowest BCUT2D eigenvalue weighted by atomic mass is 10.1. The first-order valence-electron chi connectivity index (χ1n) is 6.66. The Hall–Kier alpha value is -2.43. The Labute approximate surface area is 117 Å². The zero-order valence-electron chi connectivity index (χ0n) is 11.0. The van der Waals surface area contributed by atoms with Crippen molar-refractivity contribution >= 4 is 11.4 Å². The fourth-order valence-corrected chi connectivity index (χ4v) is 2.60. The minimum absolute atomic E-state index is 0.176. The number of nitrogens with zero attached hydrogens (tertiary/aromatic N) is 3. The van der Waals surface area contributed by atoms with E-state index in [2.05, 4.69) is 9.88 Å². The van der Waals surface area contributed by atoms with E-state index in [9.17, 15) is 10.1 Å². The van der Waals surface area contributed by atoms with Crippen molar-refractivity contribution in [3.05, 3.63) is 64.0 Å². The highest BCUT2D eigenvalue weighted by atomic mass is 16.6. The second-order valence-electron chi connectivity index (χ2n) is 4.88. The van der Waals surface area contributed by atoms with Crippen LogP contribution in [-0.2, 0) is 12.8 Å². The standard InChI is InChI=1S/C15H15N3O2/c19-18(20)14-4-5-15-12(11-14)6-9-17(15)10-7-13-3-1-2-8-16-13/h1-5,8,11H,6-7,9-10H2. The summed E-state index contributed by atoms with van der Waals surface area (Å²) >= 11 is 0. The smallest absolute Gasteiger partial charge is 0.269 e. The van der Waals surface area contributed by atoms with Crippen molar-refractivity contribution in [1.82, 2.24) is 4.98 Å². The van der Waals surface area contributed by atoms with Gasteiger partial charge in [-0.15, -0.1) is 0 Å². The molecule has 1 aliphatic heterocycles. The van der Waals surface area contributed by atoms with Crippen molar-refractivity contribution in [3.8, 4) is 0 Å². The molecule has 3 rings (SSSR count). The predicted molar refractivity (Wildman–Crippen MR) is 77.0 cm³/mol. The van der Waals surface area contributed by atoms with Gasteiger partial charge in [0.05, 0.1) is 4.92 Å². The molecule has 102 valence electrons. The minimum Gasteiger partial charge on any atom is -0.371 e. The van der Waals surface area contributed by atoms with Crippen LogP contribution in [-0.4, -0.2) is 23.0 Å². The van der Waals surface area contributed by atoms with Crippen LogP contribution < -0.4 is 4.90 Å². The molecule has 0 unspecified atom stereocenters. The minimum atomic E-state index is -0.336. The Kier molecular flexibility index (Phi) is 3.33. The van der Waals surface area contributed by atoms with E-state index in [1.165, 1.54) is 0 Å². The van der Waals surface area contributed by atoms with E-state index in [1.807, 2.05) is 24.3 Å². The maximum absolute atomic E-state index is 10.8. The maximum atomic E-state index is 10.8. The SMILES string of the molecule is O=[N+]([O-])c1ccc2c(c1)CCN2CCc1ccccn1. The molecule has 5 heteroatoms. The van der Waals surface area contributed by atoms with Gasteiger partial charge < -0.3 is 4.90 Å². The highest BCUT2D eigenvalue weighted by Crippen LogP contribution is 2.31. The second kappa shape index (κ2) is 5.28. The molecule has 0 aliphatic carbocycles. The van der Waals surface area contributed by atoms with Gasteiger partial charge in [-0.25, -0.2) is 0 Å². The molecule has 0 fully saturated rings. The van der Waals surface area contributed by atoms with Crippen LogP contribution in [0.5, 0.6) is 0 Å². The predicted octanol–water partition coefficient (Wildman–Crippen LogP) is 2.60. The molecule has 0 saturated heterocycles. The number of rotatable bonds is 4. The van der Waals surface area contributed by atoms with E-state index in [-0.39, 0.29) is 10.6 Å². The molecule has 0 N–H and O–H groups in total. The number of nitro groups is 1. The monoisotopic (exact) mass is 269 g/mol. The zero-order valence-corrected chi connectivity index (χ0v) is 11.0. The van der Waals surface area contributed by atoms with Crippen LogP contribution in [0.15, 0.2) is 42.6 Å². The third-order valence-corrected chi connectivity index (χ3v) is 3.63. The number of fused-ring (bicyclic) bond motifs is 1. The van der Waals surface area contributed by atoms with E-state index in [1.54, 1.807) is 18.3 Å². The molecule has 1 aromatic heterocycles. The van der Waals surface area contributed by atoms with E-state index in [0.717, 1.165) is 42.9 Å². The normalized spacial score (nSPS) is 13.3. The molecule has 0 saturated carbocycles. The van der Waals surface area contributed by atoms with Crippen LogP contribution in [0.2, 0.25) is 0 Å². The molecule has 0 spiro atoms. The maximum Gasteiger partial charge on any atom is 0.269 e. The number of pyridine rings is 1. The van der Waals surface area contributed by atoms with Crippen LogP contribution in [0.1, 0.15) is 11.3 Å². The highest BCUT2D eigenvalue weighted by Gasteiger charge is 2.21. The largest absolute Gasteiger partial charge is 0.371 e. The van der Waals surface area contributed by atoms with Crippen molar-refractivity contribution in [2.45, 2.75) is 12.8 Å². The van der Waals surface area contributed by atoms with E-state index < -0.39 is 0 Å². The number of hydrogen-bond acceptors (Lipinski definition) is 4. The van der Waals surface area contributed by atoms with Crippen LogP contribution >= 0.6 is 0 Å².